The summed E-state index contributed by atoms with van der Waals surface area (Å²) in [6.45, 7) is 0.798. The van der Waals surface area contributed by atoms with Crippen LogP contribution in [0.2, 0.25) is 0 Å². The number of hydrogen-bond donors (Lipinski definition) is 1. The molecule has 0 amide bonds. The maximum atomic E-state index is 13.2. The molecule has 7 nitrogen and oxygen atoms in total. The van der Waals surface area contributed by atoms with Crippen molar-refractivity contribution in [2.45, 2.75) is 17.2 Å². The summed E-state index contributed by atoms with van der Waals surface area (Å²) in [5, 5.41) is 0.677. The molecule has 1 saturated heterocycles. The Labute approximate surface area is 168 Å². The second kappa shape index (κ2) is 7.53. The standard InChI is InChI=1S/C21H22N2O5S/c1-27-16-4-7-20(28-2)18(12-16)15-9-10-23(13-15)29(25,26)17-5-6-19-14(11-17)3-8-21(24)22-19/h3-8,11-12,15H,9-10,13H2,1-2H3,(H,22,24)/t15-/m0/s1. The fourth-order valence-electron chi connectivity index (χ4n) is 3.80. The van der Waals surface area contributed by atoms with Gasteiger partial charge in [-0.15, -0.1) is 0 Å². The Hall–Kier alpha value is -2.84. The van der Waals surface area contributed by atoms with Crippen molar-refractivity contribution in [1.82, 2.24) is 9.29 Å². The number of ether oxygens (including phenoxy) is 2. The highest BCUT2D eigenvalue weighted by molar-refractivity contribution is 7.89. The first-order valence-electron chi connectivity index (χ1n) is 9.27. The van der Waals surface area contributed by atoms with Gasteiger partial charge in [0.15, 0.2) is 0 Å². The molecule has 0 spiro atoms. The second-order valence-corrected chi connectivity index (χ2v) is 8.97. The average Bonchev–Trinajstić information content (AvgIpc) is 3.23. The minimum Gasteiger partial charge on any atom is -0.497 e. The second-order valence-electron chi connectivity index (χ2n) is 7.03. The first kappa shape index (κ1) is 19.5. The number of nitrogens with zero attached hydrogens (tertiary/aromatic N) is 1. The Balaban J connectivity index is 1.63. The molecule has 0 bridgehead atoms. The largest absolute Gasteiger partial charge is 0.497 e. The van der Waals surface area contributed by atoms with Crippen LogP contribution in [0.3, 0.4) is 0 Å². The van der Waals surface area contributed by atoms with E-state index in [1.54, 1.807) is 32.4 Å². The molecule has 2 heterocycles. The number of hydrogen-bond acceptors (Lipinski definition) is 5. The fraction of sp³-hybridized carbons (Fsp3) is 0.286. The molecule has 0 radical (unpaired) electrons. The van der Waals surface area contributed by atoms with E-state index in [0.717, 1.165) is 11.3 Å². The summed E-state index contributed by atoms with van der Waals surface area (Å²) < 4.78 is 38.7. The highest BCUT2D eigenvalue weighted by atomic mass is 32.2. The minimum atomic E-state index is -3.65. The molecule has 1 atom stereocenters. The van der Waals surface area contributed by atoms with E-state index in [-0.39, 0.29) is 16.4 Å². The van der Waals surface area contributed by atoms with Gasteiger partial charge in [-0.05, 0) is 54.3 Å². The van der Waals surface area contributed by atoms with Crippen molar-refractivity contribution in [2.75, 3.05) is 27.3 Å². The van der Waals surface area contributed by atoms with E-state index in [1.165, 1.54) is 16.4 Å². The summed E-state index contributed by atoms with van der Waals surface area (Å²) in [5.41, 5.74) is 1.33. The van der Waals surface area contributed by atoms with Gasteiger partial charge in [-0.2, -0.15) is 4.31 Å². The molecular weight excluding hydrogens is 392 g/mol. The minimum absolute atomic E-state index is 0.0200. The number of sulfonamides is 1. The third-order valence-corrected chi connectivity index (χ3v) is 7.22. The number of pyridine rings is 1. The maximum Gasteiger partial charge on any atom is 0.248 e. The number of H-pyrrole nitrogens is 1. The predicted molar refractivity (Wildman–Crippen MR) is 110 cm³/mol. The number of benzene rings is 2. The molecule has 0 saturated carbocycles. The lowest BCUT2D eigenvalue weighted by molar-refractivity contribution is 0.394. The summed E-state index contributed by atoms with van der Waals surface area (Å²) in [4.78, 5) is 14.4. The lowest BCUT2D eigenvalue weighted by Crippen LogP contribution is -2.28. The molecule has 8 heteroatoms. The molecule has 1 aliphatic heterocycles. The first-order chi connectivity index (χ1) is 13.9. The third kappa shape index (κ3) is 3.61. The summed E-state index contributed by atoms with van der Waals surface area (Å²) in [5.74, 6) is 1.46. The maximum absolute atomic E-state index is 13.2. The van der Waals surface area contributed by atoms with Crippen molar-refractivity contribution in [3.8, 4) is 11.5 Å². The van der Waals surface area contributed by atoms with E-state index >= 15 is 0 Å². The van der Waals surface area contributed by atoms with E-state index < -0.39 is 10.0 Å². The third-order valence-electron chi connectivity index (χ3n) is 5.36. The highest BCUT2D eigenvalue weighted by Gasteiger charge is 2.34. The van der Waals surface area contributed by atoms with Crippen LogP contribution in [-0.4, -0.2) is 45.0 Å². The van der Waals surface area contributed by atoms with Crippen LogP contribution in [0.5, 0.6) is 11.5 Å². The van der Waals surface area contributed by atoms with Crippen molar-refractivity contribution < 1.29 is 17.9 Å². The molecule has 3 aromatic rings. The number of nitrogens with one attached hydrogen (secondary N) is 1. The van der Waals surface area contributed by atoms with Gasteiger partial charge >= 0.3 is 0 Å². The van der Waals surface area contributed by atoms with Gasteiger partial charge in [0.1, 0.15) is 11.5 Å². The average molecular weight is 414 g/mol. The van der Waals surface area contributed by atoms with Crippen LogP contribution < -0.4 is 15.0 Å². The molecule has 0 unspecified atom stereocenters. The zero-order chi connectivity index (χ0) is 20.6. The summed E-state index contributed by atoms with van der Waals surface area (Å²) in [6.07, 6.45) is 0.698. The van der Waals surface area contributed by atoms with Gasteiger partial charge in [0.2, 0.25) is 15.6 Å². The molecule has 4 rings (SSSR count). The SMILES string of the molecule is COc1ccc(OC)c([C@H]2CCN(S(=O)(=O)c3ccc4[nH]c(=O)ccc4c3)C2)c1. The topological polar surface area (TPSA) is 88.7 Å². The van der Waals surface area contributed by atoms with Crippen LogP contribution in [0.4, 0.5) is 0 Å². The van der Waals surface area contributed by atoms with Crippen molar-refractivity contribution in [1.29, 1.82) is 0 Å². The van der Waals surface area contributed by atoms with Crippen LogP contribution >= 0.6 is 0 Å². The molecule has 0 aliphatic carbocycles. The Morgan fingerprint density at radius 3 is 2.62 bits per heavy atom. The fourth-order valence-corrected chi connectivity index (χ4v) is 5.34. The zero-order valence-electron chi connectivity index (χ0n) is 16.2. The molecule has 1 aliphatic rings. The molecule has 1 aromatic heterocycles. The molecule has 152 valence electrons. The quantitative estimate of drug-likeness (QED) is 0.694. The molecule has 2 aromatic carbocycles. The Morgan fingerprint density at radius 2 is 1.86 bits per heavy atom. The van der Waals surface area contributed by atoms with Gasteiger partial charge in [-0.3, -0.25) is 4.79 Å². The molecule has 1 fully saturated rings. The predicted octanol–water partition coefficient (Wildman–Crippen LogP) is 2.72. The van der Waals surface area contributed by atoms with E-state index in [2.05, 4.69) is 4.98 Å². The summed E-state index contributed by atoms with van der Waals surface area (Å²) in [6, 6.07) is 13.3. The van der Waals surface area contributed by atoms with E-state index in [9.17, 15) is 13.2 Å². The van der Waals surface area contributed by atoms with E-state index in [0.29, 0.717) is 36.2 Å². The normalized spacial score (nSPS) is 17.5. The zero-order valence-corrected chi connectivity index (χ0v) is 17.0. The van der Waals surface area contributed by atoms with Gasteiger partial charge in [0.25, 0.3) is 0 Å². The van der Waals surface area contributed by atoms with Gasteiger partial charge in [-0.1, -0.05) is 0 Å². The monoisotopic (exact) mass is 414 g/mol. The van der Waals surface area contributed by atoms with E-state index in [4.69, 9.17) is 9.47 Å². The van der Waals surface area contributed by atoms with Crippen LogP contribution in [0.15, 0.2) is 58.2 Å². The number of rotatable bonds is 5. The van der Waals surface area contributed by atoms with Crippen LogP contribution in [0.25, 0.3) is 10.9 Å². The van der Waals surface area contributed by atoms with E-state index in [1.807, 2.05) is 18.2 Å². The molecule has 1 N–H and O–H groups in total. The molecule has 29 heavy (non-hydrogen) atoms. The van der Waals surface area contributed by atoms with Crippen LogP contribution in [-0.2, 0) is 10.0 Å². The van der Waals surface area contributed by atoms with Gasteiger partial charge in [0, 0.05) is 36.2 Å². The van der Waals surface area contributed by atoms with Gasteiger partial charge in [0.05, 0.1) is 19.1 Å². The number of aromatic amines is 1. The smallest absolute Gasteiger partial charge is 0.248 e. The number of methoxy groups -OCH3 is 2. The van der Waals surface area contributed by atoms with Crippen molar-refractivity contribution in [3.63, 3.8) is 0 Å². The van der Waals surface area contributed by atoms with Crippen LogP contribution in [0, 0.1) is 0 Å². The van der Waals surface area contributed by atoms with Crippen molar-refractivity contribution >= 4 is 20.9 Å². The molecular formula is C21H22N2O5S. The van der Waals surface area contributed by atoms with Gasteiger partial charge < -0.3 is 14.5 Å². The van der Waals surface area contributed by atoms with Crippen molar-refractivity contribution in [3.05, 3.63) is 64.4 Å². The number of fused-ring (bicyclic) bond motifs is 1. The summed E-state index contributed by atoms with van der Waals surface area (Å²) in [7, 11) is -0.441. The Bertz CT molecular complexity index is 1220. The Kier molecular flexibility index (Phi) is 5.06. The summed E-state index contributed by atoms with van der Waals surface area (Å²) >= 11 is 0. The lowest BCUT2D eigenvalue weighted by Gasteiger charge is -2.18. The van der Waals surface area contributed by atoms with Crippen LogP contribution in [0.1, 0.15) is 17.9 Å². The highest BCUT2D eigenvalue weighted by Crippen LogP contribution is 2.37. The first-order valence-corrected chi connectivity index (χ1v) is 10.7. The number of aromatic nitrogens is 1. The van der Waals surface area contributed by atoms with Crippen molar-refractivity contribution in [2.24, 2.45) is 0 Å². The Morgan fingerprint density at radius 1 is 1.03 bits per heavy atom. The van der Waals surface area contributed by atoms with Gasteiger partial charge in [-0.25, -0.2) is 8.42 Å². The lowest BCUT2D eigenvalue weighted by atomic mass is 9.97.